The Morgan fingerprint density at radius 2 is 1.90 bits per heavy atom. The number of nitrogens with zero attached hydrogens (tertiary/aromatic N) is 1. The summed E-state index contributed by atoms with van der Waals surface area (Å²) >= 11 is 12.5. The van der Waals surface area contributed by atoms with E-state index in [0.717, 1.165) is 0 Å². The molecule has 0 saturated carbocycles. The molecule has 3 rings (SSSR count). The third kappa shape index (κ3) is 4.39. The van der Waals surface area contributed by atoms with E-state index in [1.807, 2.05) is 6.07 Å². The Morgan fingerprint density at radius 1 is 1.23 bits per heavy atom. The minimum Gasteiger partial charge on any atom is -0.496 e. The van der Waals surface area contributed by atoms with Crippen LogP contribution in [0.2, 0.25) is 10.0 Å². The second kappa shape index (κ2) is 8.70. The number of benzene rings is 2. The smallest absolute Gasteiger partial charge is 0.321 e. The highest BCUT2D eigenvalue weighted by molar-refractivity contribution is 6.31. The van der Waals surface area contributed by atoms with Gasteiger partial charge in [0.2, 0.25) is 0 Å². The van der Waals surface area contributed by atoms with Crippen LogP contribution in [0.25, 0.3) is 0 Å². The van der Waals surface area contributed by atoms with Crippen LogP contribution >= 0.6 is 23.2 Å². The average molecular weight is 461 g/mol. The molecule has 0 bridgehead atoms. The van der Waals surface area contributed by atoms with Crippen molar-refractivity contribution in [1.82, 2.24) is 5.32 Å². The first-order valence-corrected chi connectivity index (χ1v) is 10.8. The summed E-state index contributed by atoms with van der Waals surface area (Å²) in [5.74, 6) is -1.27. The molecule has 1 heterocycles. The van der Waals surface area contributed by atoms with Crippen molar-refractivity contribution >= 4 is 29.2 Å². The molecule has 164 valence electrons. The van der Waals surface area contributed by atoms with Crippen molar-refractivity contribution in [2.75, 3.05) is 7.11 Å². The Hall–Kier alpha value is -2.26. The van der Waals surface area contributed by atoms with E-state index in [1.165, 1.54) is 7.11 Å². The van der Waals surface area contributed by atoms with Crippen LogP contribution < -0.4 is 10.1 Å². The number of nitriles is 1. The van der Waals surface area contributed by atoms with Crippen LogP contribution in [-0.2, 0) is 10.2 Å². The summed E-state index contributed by atoms with van der Waals surface area (Å²) in [6, 6.07) is 13.3. The molecule has 2 aromatic carbocycles. The van der Waals surface area contributed by atoms with Gasteiger partial charge < -0.3 is 9.84 Å². The Balaban J connectivity index is 2.36. The van der Waals surface area contributed by atoms with E-state index in [2.05, 4.69) is 32.2 Å². The maximum atomic E-state index is 12.4. The summed E-state index contributed by atoms with van der Waals surface area (Å²) in [5, 5.41) is 25.1. The van der Waals surface area contributed by atoms with Crippen LogP contribution in [0, 0.1) is 16.7 Å². The topological polar surface area (TPSA) is 82.3 Å². The molecule has 0 aliphatic carbocycles. The number of rotatable bonds is 5. The molecule has 1 aliphatic heterocycles. The zero-order valence-electron chi connectivity index (χ0n) is 17.9. The number of hydrogen-bond donors (Lipinski definition) is 2. The first-order chi connectivity index (χ1) is 14.5. The summed E-state index contributed by atoms with van der Waals surface area (Å²) in [6.45, 7) is 6.20. The Kier molecular flexibility index (Phi) is 6.57. The van der Waals surface area contributed by atoms with Crippen molar-refractivity contribution in [3.63, 3.8) is 0 Å². The minimum absolute atomic E-state index is 0.161. The van der Waals surface area contributed by atoms with E-state index >= 15 is 0 Å². The number of ether oxygens (including phenoxy) is 1. The van der Waals surface area contributed by atoms with Crippen molar-refractivity contribution in [1.29, 1.82) is 5.26 Å². The first kappa shape index (κ1) is 23.4. The quantitative estimate of drug-likeness (QED) is 0.623. The van der Waals surface area contributed by atoms with Crippen LogP contribution in [0.1, 0.15) is 44.2 Å². The maximum Gasteiger partial charge on any atom is 0.321 e. The fourth-order valence-electron chi connectivity index (χ4n) is 4.70. The van der Waals surface area contributed by atoms with Crippen LogP contribution in [0.5, 0.6) is 5.75 Å². The average Bonchev–Trinajstić information content (AvgIpc) is 3.01. The molecule has 2 aromatic rings. The first-order valence-electron chi connectivity index (χ1n) is 10.0. The highest BCUT2D eigenvalue weighted by atomic mass is 35.5. The summed E-state index contributed by atoms with van der Waals surface area (Å²) in [4.78, 5) is 12.4. The van der Waals surface area contributed by atoms with E-state index in [-0.39, 0.29) is 5.41 Å². The largest absolute Gasteiger partial charge is 0.496 e. The number of hydrogen-bond acceptors (Lipinski definition) is 4. The van der Waals surface area contributed by atoms with E-state index in [1.54, 1.807) is 36.4 Å². The lowest BCUT2D eigenvalue weighted by atomic mass is 9.62. The van der Waals surface area contributed by atoms with Gasteiger partial charge in [0.05, 0.1) is 13.2 Å². The van der Waals surface area contributed by atoms with E-state index in [9.17, 15) is 15.2 Å². The van der Waals surface area contributed by atoms with Crippen molar-refractivity contribution in [3.8, 4) is 11.8 Å². The van der Waals surface area contributed by atoms with Gasteiger partial charge in [-0.25, -0.2) is 0 Å². The van der Waals surface area contributed by atoms with Crippen molar-refractivity contribution in [2.24, 2.45) is 5.41 Å². The normalized spacial score (nSPS) is 25.8. The van der Waals surface area contributed by atoms with Gasteiger partial charge in [-0.2, -0.15) is 5.26 Å². The summed E-state index contributed by atoms with van der Waals surface area (Å²) in [6.07, 6.45) is 0.577. The zero-order chi connectivity index (χ0) is 23.0. The molecule has 0 unspecified atom stereocenters. The van der Waals surface area contributed by atoms with Crippen molar-refractivity contribution < 1.29 is 14.6 Å². The molecule has 0 radical (unpaired) electrons. The number of methoxy groups -OCH3 is 1. The highest BCUT2D eigenvalue weighted by Crippen LogP contribution is 2.53. The molecule has 0 spiro atoms. The van der Waals surface area contributed by atoms with E-state index < -0.39 is 29.4 Å². The molecule has 7 heteroatoms. The number of carboxylic acid groups (broad SMARTS) is 1. The molecule has 0 aromatic heterocycles. The second-order valence-electron chi connectivity index (χ2n) is 9.16. The van der Waals surface area contributed by atoms with Gasteiger partial charge in [0.15, 0.2) is 0 Å². The van der Waals surface area contributed by atoms with Gasteiger partial charge in [-0.3, -0.25) is 10.1 Å². The van der Waals surface area contributed by atoms with Crippen LogP contribution in [-0.4, -0.2) is 30.3 Å². The van der Waals surface area contributed by atoms with Gasteiger partial charge in [-0.15, -0.1) is 0 Å². The monoisotopic (exact) mass is 460 g/mol. The molecule has 1 saturated heterocycles. The molecule has 2 N–H and O–H groups in total. The van der Waals surface area contributed by atoms with Gasteiger partial charge in [0.1, 0.15) is 17.2 Å². The molecular formula is C24H26Cl2N2O3. The van der Waals surface area contributed by atoms with E-state index in [4.69, 9.17) is 27.9 Å². The SMILES string of the molecule is COc1cc(Cl)ccc1[C@@]1(C#N)[C@H](CC(C)(C)C)N[C@H](C(=O)O)[C@@H]1c1cccc(Cl)c1. The summed E-state index contributed by atoms with van der Waals surface area (Å²) in [5.41, 5.74) is -0.0948. The molecule has 31 heavy (non-hydrogen) atoms. The van der Waals surface area contributed by atoms with Gasteiger partial charge >= 0.3 is 5.97 Å². The Bertz CT molecular complexity index is 1030. The Labute approximate surface area is 192 Å². The summed E-state index contributed by atoms with van der Waals surface area (Å²) in [7, 11) is 1.52. The molecule has 4 atom stereocenters. The Morgan fingerprint density at radius 3 is 2.45 bits per heavy atom. The standard InChI is InChI=1S/C24H26Cl2N2O3/c1-23(2,3)12-19-24(13-27,17-9-8-16(26)11-18(17)31-4)20(21(28-19)22(29)30)14-6-5-7-15(25)10-14/h5-11,19-21,28H,12H2,1-4H3,(H,29,30)/t19-,20-,21-,24-/m0/s1. The molecule has 5 nitrogen and oxygen atoms in total. The number of halogens is 2. The van der Waals surface area contributed by atoms with Crippen LogP contribution in [0.15, 0.2) is 42.5 Å². The lowest BCUT2D eigenvalue weighted by Crippen LogP contribution is -2.44. The predicted octanol–water partition coefficient (Wildman–Crippen LogP) is 5.41. The van der Waals surface area contributed by atoms with Gasteiger partial charge in [0, 0.05) is 27.6 Å². The van der Waals surface area contributed by atoms with Gasteiger partial charge in [-0.1, -0.05) is 62.2 Å². The fourth-order valence-corrected chi connectivity index (χ4v) is 5.06. The number of carboxylic acids is 1. The van der Waals surface area contributed by atoms with Crippen LogP contribution in [0.3, 0.4) is 0 Å². The molecular weight excluding hydrogens is 435 g/mol. The second-order valence-corrected chi connectivity index (χ2v) is 10.0. The molecule has 0 amide bonds. The fraction of sp³-hybridized carbons (Fsp3) is 0.417. The van der Waals surface area contributed by atoms with Gasteiger partial charge in [0.25, 0.3) is 0 Å². The minimum atomic E-state index is -1.23. The number of aliphatic carboxylic acids is 1. The van der Waals surface area contributed by atoms with Crippen molar-refractivity contribution in [3.05, 3.63) is 63.6 Å². The van der Waals surface area contributed by atoms with Crippen molar-refractivity contribution in [2.45, 2.75) is 50.6 Å². The number of nitrogens with one attached hydrogen (secondary N) is 1. The maximum absolute atomic E-state index is 12.4. The third-order valence-electron chi connectivity index (χ3n) is 5.84. The van der Waals surface area contributed by atoms with E-state index in [0.29, 0.717) is 33.3 Å². The molecule has 1 fully saturated rings. The van der Waals surface area contributed by atoms with Crippen LogP contribution in [0.4, 0.5) is 0 Å². The van der Waals surface area contributed by atoms with Gasteiger partial charge in [-0.05, 0) is 41.7 Å². The highest BCUT2D eigenvalue weighted by Gasteiger charge is 2.60. The summed E-state index contributed by atoms with van der Waals surface area (Å²) < 4.78 is 5.61. The zero-order valence-corrected chi connectivity index (χ0v) is 19.5. The third-order valence-corrected chi connectivity index (χ3v) is 6.31. The number of carbonyl (C=O) groups is 1. The molecule has 1 aliphatic rings. The predicted molar refractivity (Wildman–Crippen MR) is 122 cm³/mol. The lowest BCUT2D eigenvalue weighted by molar-refractivity contribution is -0.139. The lowest BCUT2D eigenvalue weighted by Gasteiger charge is -2.37.